The second-order valence-corrected chi connectivity index (χ2v) is 19.2. The van der Waals surface area contributed by atoms with Crippen LogP contribution in [0.5, 0.6) is 11.5 Å². The van der Waals surface area contributed by atoms with Crippen molar-refractivity contribution in [2.75, 3.05) is 33.2 Å². The normalized spacial score (nSPS) is 22.8. The van der Waals surface area contributed by atoms with E-state index in [0.717, 1.165) is 15.5 Å². The molecule has 0 saturated carbocycles. The van der Waals surface area contributed by atoms with Gasteiger partial charge in [0.25, 0.3) is 0 Å². The van der Waals surface area contributed by atoms with Crippen molar-refractivity contribution in [2.45, 2.75) is 89.5 Å². The number of para-hydroxylation sites is 2. The molecule has 68 heavy (non-hydrogen) atoms. The number of esters is 2. The van der Waals surface area contributed by atoms with Crippen LogP contribution in [-0.2, 0) is 46.7 Å². The van der Waals surface area contributed by atoms with Crippen LogP contribution in [0.15, 0.2) is 87.7 Å². The lowest BCUT2D eigenvalue weighted by Gasteiger charge is -2.27. The zero-order valence-electron chi connectivity index (χ0n) is 37.8. The topological polar surface area (TPSA) is 348 Å². The van der Waals surface area contributed by atoms with Crippen LogP contribution in [0.25, 0.3) is 0 Å². The second-order valence-electron chi connectivity index (χ2n) is 15.8. The van der Waals surface area contributed by atoms with Gasteiger partial charge in [-0.1, -0.05) is 64.1 Å². The summed E-state index contributed by atoms with van der Waals surface area (Å²) < 4.78 is 72.7. The fraction of sp³-hybridized carbons (Fsp3) is 0.500. The molecule has 2 aromatic carbocycles. The standard InChI is InChI=1S/C20H28N5O8P.C20H27N4O9P/c1-12(2)17(18(27)30-3)24-34(29,33-13-7-5-4-6-8-13)31-10-15-14(26)9-16(32-15)25-11-22-19(21)23-20(25)28;1-12(2)17(18(26)30-3)23-34(29,33-13-7-5-4-6-8-13)31-10-15-14(25)9-16(32-15)24-11-21-19(27)22-20(24)28/h4-8,11-12,14-17,26H,9-10H2,1-3H3,(H,24,29)(H2,21,23,28);4-8,11-12,14-17,25H,9-10H2,1-3H3,(H,23,29)(H,22,27,28)/t2*14-,15+,16+,17-,34?/m00/s1. The van der Waals surface area contributed by atoms with Gasteiger partial charge in [0.15, 0.2) is 0 Å². The van der Waals surface area contributed by atoms with Gasteiger partial charge in [0.1, 0.15) is 60.9 Å². The Morgan fingerprint density at radius 1 is 0.750 bits per heavy atom. The third kappa shape index (κ3) is 14.7. The van der Waals surface area contributed by atoms with Crippen LogP contribution in [0.2, 0.25) is 0 Å². The molecule has 28 heteroatoms. The van der Waals surface area contributed by atoms with E-state index in [1.54, 1.807) is 88.4 Å². The van der Waals surface area contributed by atoms with Crippen LogP contribution in [0.1, 0.15) is 53.0 Å². The molecule has 2 aliphatic rings. The maximum atomic E-state index is 13.6. The molecule has 2 aromatic heterocycles. The zero-order valence-corrected chi connectivity index (χ0v) is 39.5. The summed E-state index contributed by atoms with van der Waals surface area (Å²) >= 11 is 0. The summed E-state index contributed by atoms with van der Waals surface area (Å²) in [5.74, 6) is -1.65. The smallest absolute Gasteiger partial charge is 0.459 e. The molecule has 0 bridgehead atoms. The summed E-state index contributed by atoms with van der Waals surface area (Å²) in [6.07, 6.45) is -3.69. The number of nitrogens with one attached hydrogen (secondary N) is 3. The number of methoxy groups -OCH3 is 2. The molecule has 372 valence electrons. The Labute approximate surface area is 388 Å². The number of benzene rings is 2. The fourth-order valence-electron chi connectivity index (χ4n) is 6.49. The minimum absolute atomic E-state index is 0.00426. The van der Waals surface area contributed by atoms with E-state index >= 15 is 0 Å². The van der Waals surface area contributed by atoms with E-state index in [-0.39, 0.29) is 48.7 Å². The van der Waals surface area contributed by atoms with Gasteiger partial charge in [-0.05, 0) is 36.1 Å². The quantitative estimate of drug-likeness (QED) is 0.0539. The van der Waals surface area contributed by atoms with E-state index in [9.17, 15) is 43.3 Å². The van der Waals surface area contributed by atoms with Crippen molar-refractivity contribution >= 4 is 33.4 Å². The summed E-state index contributed by atoms with van der Waals surface area (Å²) in [6, 6.07) is 14.5. The van der Waals surface area contributed by atoms with Gasteiger partial charge in [0, 0.05) is 12.8 Å². The predicted molar refractivity (Wildman–Crippen MR) is 238 cm³/mol. The first-order valence-corrected chi connectivity index (χ1v) is 24.1. The number of hydrogen-bond acceptors (Lipinski definition) is 21. The number of hydrogen-bond donors (Lipinski definition) is 6. The van der Waals surface area contributed by atoms with Crippen LogP contribution in [0.4, 0.5) is 5.95 Å². The Morgan fingerprint density at radius 2 is 1.18 bits per heavy atom. The molecule has 4 heterocycles. The number of aliphatic hydroxyl groups is 2. The number of anilines is 1. The van der Waals surface area contributed by atoms with E-state index < -0.39 is 100 Å². The first-order valence-electron chi connectivity index (χ1n) is 21.0. The highest BCUT2D eigenvalue weighted by atomic mass is 31.2. The first kappa shape index (κ1) is 53.3. The van der Waals surface area contributed by atoms with Crippen LogP contribution < -0.4 is 42.0 Å². The largest absolute Gasteiger partial charge is 0.468 e. The summed E-state index contributed by atoms with van der Waals surface area (Å²) in [4.78, 5) is 72.4. The highest BCUT2D eigenvalue weighted by molar-refractivity contribution is 7.52. The molecule has 2 aliphatic heterocycles. The van der Waals surface area contributed by atoms with Gasteiger partial charge in [-0.2, -0.15) is 20.1 Å². The number of carbonyl (C=O) groups is 2. The van der Waals surface area contributed by atoms with E-state index in [2.05, 4.69) is 25.1 Å². The maximum Gasteiger partial charge on any atom is 0.459 e. The summed E-state index contributed by atoms with van der Waals surface area (Å²) in [6.45, 7) is 6.17. The number of ether oxygens (including phenoxy) is 4. The number of carbonyl (C=O) groups excluding carboxylic acids is 2. The van der Waals surface area contributed by atoms with Crippen molar-refractivity contribution in [3.63, 3.8) is 0 Å². The van der Waals surface area contributed by atoms with E-state index in [1.807, 2.05) is 4.98 Å². The molecule has 7 N–H and O–H groups in total. The highest BCUT2D eigenvalue weighted by Crippen LogP contribution is 2.48. The van der Waals surface area contributed by atoms with Crippen molar-refractivity contribution in [1.29, 1.82) is 0 Å². The van der Waals surface area contributed by atoms with Crippen molar-refractivity contribution in [2.24, 2.45) is 11.8 Å². The Morgan fingerprint density at radius 3 is 1.57 bits per heavy atom. The van der Waals surface area contributed by atoms with Crippen LogP contribution in [0, 0.1) is 11.8 Å². The van der Waals surface area contributed by atoms with Gasteiger partial charge in [-0.3, -0.25) is 32.8 Å². The van der Waals surface area contributed by atoms with Crippen molar-refractivity contribution in [3.05, 3.63) is 105 Å². The van der Waals surface area contributed by atoms with Crippen molar-refractivity contribution in [1.82, 2.24) is 39.2 Å². The third-order valence-electron chi connectivity index (χ3n) is 10.1. The van der Waals surface area contributed by atoms with Gasteiger partial charge >= 0.3 is 44.5 Å². The molecular weight excluding hydrogens is 940 g/mol. The number of H-pyrrole nitrogens is 1. The Kier molecular flexibility index (Phi) is 18.9. The van der Waals surface area contributed by atoms with E-state index in [0.29, 0.717) is 0 Å². The van der Waals surface area contributed by atoms with Gasteiger partial charge < -0.3 is 43.9 Å². The van der Waals surface area contributed by atoms with E-state index in [1.165, 1.54) is 20.5 Å². The van der Waals surface area contributed by atoms with Crippen LogP contribution in [-0.4, -0.2) is 115 Å². The summed E-state index contributed by atoms with van der Waals surface area (Å²) in [7, 11) is -5.91. The molecule has 6 rings (SSSR count). The minimum Gasteiger partial charge on any atom is -0.468 e. The maximum absolute atomic E-state index is 13.6. The molecule has 26 nitrogen and oxygen atoms in total. The second kappa shape index (κ2) is 24.1. The first-order chi connectivity index (χ1) is 32.2. The Hall–Kier alpha value is -5.66. The average molecular weight is 996 g/mol. The predicted octanol–water partition coefficient (Wildman–Crippen LogP) is 1.43. The molecule has 0 amide bonds. The molecule has 2 saturated heterocycles. The van der Waals surface area contributed by atoms with Gasteiger partial charge in [0.05, 0.1) is 39.6 Å². The van der Waals surface area contributed by atoms with Gasteiger partial charge in [-0.25, -0.2) is 28.5 Å². The Balaban J connectivity index is 0.000000254. The van der Waals surface area contributed by atoms with Gasteiger partial charge in [-0.15, -0.1) is 0 Å². The summed E-state index contributed by atoms with van der Waals surface area (Å²) in [5.41, 5.74) is 3.15. The Bertz CT molecular complexity index is 2570. The minimum atomic E-state index is -4.18. The molecule has 2 fully saturated rings. The molecular formula is C40H55N9O17P2. The molecule has 0 aliphatic carbocycles. The van der Waals surface area contributed by atoms with Crippen LogP contribution >= 0.6 is 15.5 Å². The van der Waals surface area contributed by atoms with Gasteiger partial charge in [0.2, 0.25) is 5.95 Å². The molecule has 4 aromatic rings. The molecule has 10 atom stereocenters. The SMILES string of the molecule is COC(=O)[C@@H](NP(=O)(OC[C@H]1O[C@@H](n2cnc(=O)[nH]c2=O)C[C@@H]1O)Oc1ccccc1)C(C)C.COC(=O)[C@@H](NP(=O)(OC[C@H]1O[C@@H](n2cnc(N)nc2=O)C[C@@H]1O)Oc1ccccc1)C(C)C. The molecule has 0 spiro atoms. The van der Waals surface area contributed by atoms with Crippen LogP contribution in [0.3, 0.4) is 0 Å². The summed E-state index contributed by atoms with van der Waals surface area (Å²) in [5, 5.41) is 26.1. The average Bonchev–Trinajstić information content (AvgIpc) is 3.86. The number of aliphatic hydroxyl groups excluding tert-OH is 2. The molecule has 2 unspecified atom stereocenters. The monoisotopic (exact) mass is 995 g/mol. The zero-order chi connectivity index (χ0) is 49.8. The van der Waals surface area contributed by atoms with E-state index in [4.69, 9.17) is 42.8 Å². The highest BCUT2D eigenvalue weighted by Gasteiger charge is 2.43. The number of nitrogens with two attached hydrogens (primary N) is 1. The van der Waals surface area contributed by atoms with Crippen molar-refractivity contribution in [3.8, 4) is 11.5 Å². The third-order valence-corrected chi connectivity index (χ3v) is 13.2. The lowest BCUT2D eigenvalue weighted by Crippen LogP contribution is -2.41. The van der Waals surface area contributed by atoms with Crippen molar-refractivity contribution < 1.29 is 66.0 Å². The lowest BCUT2D eigenvalue weighted by atomic mass is 10.1. The number of rotatable bonds is 20. The number of aromatic amines is 1. The number of nitrogens with zero attached hydrogens (tertiary/aromatic N) is 5. The number of aromatic nitrogens is 6. The fourth-order valence-corrected chi connectivity index (χ4v) is 9.82. The molecule has 0 radical (unpaired) electrons. The lowest BCUT2D eigenvalue weighted by molar-refractivity contribution is -0.144. The number of nitrogen functional groups attached to an aromatic ring is 1.